The average molecular weight is 322 g/mol. The standard InChI is InChI=1S/C18H29NO4/c1-4-6-7-8-14-13(9-10-15(14)20)11-16(21)19-17(18(22)23)12(3)5-2/h6-7,12-14,17H,4-5,8-11H2,1-3H3,(H,19,21)(H,22,23)/p-1/b7-6-/t12-,13?,14?,17-/m0/s1. The summed E-state index contributed by atoms with van der Waals surface area (Å²) in [7, 11) is 0. The topological polar surface area (TPSA) is 86.3 Å². The molecule has 0 aromatic rings. The van der Waals surface area contributed by atoms with E-state index in [-0.39, 0.29) is 35.9 Å². The number of Topliss-reactive ketones (excluding diaryl/α,β-unsaturated/α-hetero) is 1. The zero-order valence-corrected chi connectivity index (χ0v) is 14.3. The highest BCUT2D eigenvalue weighted by molar-refractivity contribution is 5.86. The first-order valence-corrected chi connectivity index (χ1v) is 8.58. The van der Waals surface area contributed by atoms with Gasteiger partial charge in [0.2, 0.25) is 5.91 Å². The summed E-state index contributed by atoms with van der Waals surface area (Å²) in [6, 6.07) is -0.969. The number of carbonyl (C=O) groups excluding carboxylic acids is 3. The molecule has 23 heavy (non-hydrogen) atoms. The van der Waals surface area contributed by atoms with E-state index in [4.69, 9.17) is 0 Å². The van der Waals surface area contributed by atoms with E-state index < -0.39 is 12.0 Å². The maximum atomic E-state index is 12.2. The first-order valence-electron chi connectivity index (χ1n) is 8.58. The van der Waals surface area contributed by atoms with Crippen LogP contribution in [0.4, 0.5) is 0 Å². The second-order valence-electron chi connectivity index (χ2n) is 6.44. The fraction of sp³-hybridized carbons (Fsp3) is 0.722. The average Bonchev–Trinajstić information content (AvgIpc) is 2.84. The molecule has 1 aliphatic rings. The van der Waals surface area contributed by atoms with Crippen LogP contribution >= 0.6 is 0 Å². The summed E-state index contributed by atoms with van der Waals surface area (Å²) in [4.78, 5) is 35.3. The van der Waals surface area contributed by atoms with Gasteiger partial charge in [-0.2, -0.15) is 0 Å². The van der Waals surface area contributed by atoms with Gasteiger partial charge in [-0.05, 0) is 31.1 Å². The predicted octanol–water partition coefficient (Wildman–Crippen LogP) is 1.61. The lowest BCUT2D eigenvalue weighted by Crippen LogP contribution is -2.51. The van der Waals surface area contributed by atoms with Crippen LogP contribution in [-0.4, -0.2) is 23.7 Å². The van der Waals surface area contributed by atoms with Gasteiger partial charge in [0.1, 0.15) is 5.78 Å². The fourth-order valence-electron chi connectivity index (χ4n) is 3.09. The van der Waals surface area contributed by atoms with Crippen molar-refractivity contribution in [1.29, 1.82) is 0 Å². The third kappa shape index (κ3) is 5.81. The van der Waals surface area contributed by atoms with E-state index in [2.05, 4.69) is 5.32 Å². The van der Waals surface area contributed by atoms with Crippen molar-refractivity contribution in [2.24, 2.45) is 17.8 Å². The van der Waals surface area contributed by atoms with Crippen LogP contribution in [0, 0.1) is 17.8 Å². The number of carboxylic acid groups (broad SMARTS) is 1. The molecule has 0 aliphatic heterocycles. The highest BCUT2D eigenvalue weighted by Gasteiger charge is 2.35. The summed E-state index contributed by atoms with van der Waals surface area (Å²) >= 11 is 0. The normalized spacial score (nSPS) is 23.9. The molecular formula is C18H28NO4-. The molecule has 5 heteroatoms. The molecule has 0 radical (unpaired) electrons. The predicted molar refractivity (Wildman–Crippen MR) is 86.3 cm³/mol. The van der Waals surface area contributed by atoms with Crippen molar-refractivity contribution in [2.75, 3.05) is 0 Å². The monoisotopic (exact) mass is 322 g/mol. The molecular weight excluding hydrogens is 294 g/mol. The Kier molecular flexibility index (Phi) is 8.00. The van der Waals surface area contributed by atoms with Crippen molar-refractivity contribution in [3.63, 3.8) is 0 Å². The highest BCUT2D eigenvalue weighted by atomic mass is 16.4. The van der Waals surface area contributed by atoms with Crippen molar-refractivity contribution in [1.82, 2.24) is 5.32 Å². The summed E-state index contributed by atoms with van der Waals surface area (Å²) in [5.74, 6) is -1.64. The van der Waals surface area contributed by atoms with E-state index >= 15 is 0 Å². The van der Waals surface area contributed by atoms with Crippen LogP contribution in [0.3, 0.4) is 0 Å². The molecule has 0 bridgehead atoms. The molecule has 1 fully saturated rings. The van der Waals surface area contributed by atoms with Crippen LogP contribution in [0.5, 0.6) is 0 Å². The van der Waals surface area contributed by atoms with Crippen LogP contribution < -0.4 is 10.4 Å². The molecule has 1 N–H and O–H groups in total. The van der Waals surface area contributed by atoms with E-state index in [0.717, 1.165) is 6.42 Å². The molecule has 0 aromatic heterocycles. The number of hydrogen-bond donors (Lipinski definition) is 1. The molecule has 1 rings (SSSR count). The van der Waals surface area contributed by atoms with Gasteiger partial charge in [-0.1, -0.05) is 39.3 Å². The van der Waals surface area contributed by atoms with Crippen molar-refractivity contribution in [2.45, 2.75) is 65.3 Å². The van der Waals surface area contributed by atoms with Crippen molar-refractivity contribution in [3.05, 3.63) is 12.2 Å². The van der Waals surface area contributed by atoms with Gasteiger partial charge < -0.3 is 15.2 Å². The molecule has 0 aromatic carbocycles. The molecule has 1 amide bonds. The summed E-state index contributed by atoms with van der Waals surface area (Å²) < 4.78 is 0. The molecule has 0 heterocycles. The van der Waals surface area contributed by atoms with Gasteiger partial charge in [-0.3, -0.25) is 9.59 Å². The van der Waals surface area contributed by atoms with E-state index in [0.29, 0.717) is 25.7 Å². The quantitative estimate of drug-likeness (QED) is 0.653. The minimum absolute atomic E-state index is 0.00310. The number of carbonyl (C=O) groups is 3. The second kappa shape index (κ2) is 9.48. The smallest absolute Gasteiger partial charge is 0.220 e. The molecule has 5 nitrogen and oxygen atoms in total. The lowest BCUT2D eigenvalue weighted by atomic mass is 9.89. The van der Waals surface area contributed by atoms with Gasteiger partial charge in [-0.15, -0.1) is 0 Å². The summed E-state index contributed by atoms with van der Waals surface area (Å²) in [6.45, 7) is 5.68. The van der Waals surface area contributed by atoms with Gasteiger partial charge in [0.05, 0.1) is 12.0 Å². The van der Waals surface area contributed by atoms with E-state index in [1.807, 2.05) is 26.0 Å². The van der Waals surface area contributed by atoms with Gasteiger partial charge in [0.25, 0.3) is 0 Å². The maximum absolute atomic E-state index is 12.2. The Labute approximate surface area is 138 Å². The van der Waals surface area contributed by atoms with Crippen LogP contribution in [0.2, 0.25) is 0 Å². The molecule has 1 aliphatic carbocycles. The zero-order valence-electron chi connectivity index (χ0n) is 14.3. The van der Waals surface area contributed by atoms with E-state index in [1.54, 1.807) is 6.92 Å². The number of carboxylic acids is 1. The molecule has 0 spiro atoms. The Morgan fingerprint density at radius 3 is 2.61 bits per heavy atom. The maximum Gasteiger partial charge on any atom is 0.220 e. The number of nitrogens with one attached hydrogen (secondary N) is 1. The summed E-state index contributed by atoms with van der Waals surface area (Å²) in [6.07, 6.45) is 7.68. The van der Waals surface area contributed by atoms with E-state index in [9.17, 15) is 19.5 Å². The number of ketones is 1. The third-order valence-corrected chi connectivity index (χ3v) is 4.77. The Morgan fingerprint density at radius 1 is 1.35 bits per heavy atom. The summed E-state index contributed by atoms with van der Waals surface area (Å²) in [5.41, 5.74) is 0. The van der Waals surface area contributed by atoms with Crippen molar-refractivity contribution >= 4 is 17.7 Å². The van der Waals surface area contributed by atoms with Gasteiger partial charge in [0, 0.05) is 18.8 Å². The zero-order chi connectivity index (χ0) is 17.4. The van der Waals surface area contributed by atoms with Crippen LogP contribution in [0.25, 0.3) is 0 Å². The van der Waals surface area contributed by atoms with Crippen molar-refractivity contribution in [3.8, 4) is 0 Å². The summed E-state index contributed by atoms with van der Waals surface area (Å²) in [5, 5.41) is 13.7. The van der Waals surface area contributed by atoms with Crippen LogP contribution in [0.1, 0.15) is 59.3 Å². The first kappa shape index (κ1) is 19.4. The van der Waals surface area contributed by atoms with Gasteiger partial charge in [-0.25, -0.2) is 0 Å². The first-order chi connectivity index (χ1) is 10.9. The highest BCUT2D eigenvalue weighted by Crippen LogP contribution is 2.34. The number of rotatable bonds is 9. The Morgan fingerprint density at radius 2 is 2.04 bits per heavy atom. The third-order valence-electron chi connectivity index (χ3n) is 4.77. The number of allylic oxidation sites excluding steroid dienone is 2. The van der Waals surface area contributed by atoms with Crippen LogP contribution in [0.15, 0.2) is 12.2 Å². The number of hydrogen-bond acceptors (Lipinski definition) is 4. The minimum atomic E-state index is -1.25. The molecule has 4 atom stereocenters. The molecule has 0 saturated heterocycles. The number of aliphatic carboxylic acids is 1. The Hall–Kier alpha value is -1.65. The minimum Gasteiger partial charge on any atom is -0.548 e. The molecule has 1 saturated carbocycles. The lowest BCUT2D eigenvalue weighted by Gasteiger charge is -2.26. The van der Waals surface area contributed by atoms with Gasteiger partial charge >= 0.3 is 0 Å². The van der Waals surface area contributed by atoms with Gasteiger partial charge in [0.15, 0.2) is 0 Å². The molecule has 2 unspecified atom stereocenters. The Balaban J connectivity index is 2.62. The van der Waals surface area contributed by atoms with Crippen molar-refractivity contribution < 1.29 is 19.5 Å². The Bertz CT molecular complexity index is 458. The largest absolute Gasteiger partial charge is 0.548 e. The lowest BCUT2D eigenvalue weighted by molar-refractivity contribution is -0.309. The second-order valence-corrected chi connectivity index (χ2v) is 6.44. The number of amides is 1. The van der Waals surface area contributed by atoms with E-state index in [1.165, 1.54) is 0 Å². The van der Waals surface area contributed by atoms with Crippen LogP contribution in [-0.2, 0) is 14.4 Å². The fourth-order valence-corrected chi connectivity index (χ4v) is 3.09. The SMILES string of the molecule is CC/C=C\CC1C(=O)CCC1CC(=O)N[C@H](C(=O)[O-])[C@@H](C)CC. The molecule has 130 valence electrons.